The molecule has 1 aromatic carbocycles. The molecule has 0 aliphatic carbocycles. The van der Waals surface area contributed by atoms with Gasteiger partial charge in [-0.1, -0.05) is 0 Å². The molecule has 0 spiro atoms. The molecule has 1 aromatic heterocycles. The number of rotatable bonds is 0. The third-order valence-corrected chi connectivity index (χ3v) is 1.98. The monoisotopic (exact) mass is 214 g/mol. The maximum absolute atomic E-state index is 12.8. The number of aromatic amines is 2. The lowest BCUT2D eigenvalue weighted by atomic mass is 10.2. The Kier molecular flexibility index (Phi) is 1.92. The number of aromatic nitrogens is 2. The van der Waals surface area contributed by atoms with Crippen molar-refractivity contribution in [1.29, 1.82) is 0 Å². The molecule has 2 aromatic rings. The quantitative estimate of drug-likeness (QED) is 0.657. The zero-order valence-corrected chi connectivity index (χ0v) is 7.54. The van der Waals surface area contributed by atoms with E-state index in [0.717, 1.165) is 12.1 Å². The summed E-state index contributed by atoms with van der Waals surface area (Å²) in [6, 6.07) is 1.73. The van der Waals surface area contributed by atoms with Crippen LogP contribution in [0.3, 0.4) is 0 Å². The Morgan fingerprint density at radius 3 is 2.50 bits per heavy atom. The Morgan fingerprint density at radius 2 is 1.79 bits per heavy atom. The first-order valence-corrected chi connectivity index (χ1v) is 4.10. The average molecular weight is 214 g/mol. The van der Waals surface area contributed by atoms with E-state index in [4.69, 9.17) is 0 Å². The van der Waals surface area contributed by atoms with E-state index in [2.05, 4.69) is 22.2 Å². The first-order chi connectivity index (χ1) is 6.58. The van der Waals surface area contributed by atoms with Crippen molar-refractivity contribution in [2.24, 2.45) is 0 Å². The molecule has 1 heterocycles. The molecule has 72 valence electrons. The highest BCUT2D eigenvalue weighted by atomic mass is 32.1. The summed E-state index contributed by atoms with van der Waals surface area (Å²) in [7, 11) is 0. The Balaban J connectivity index is 3.03. The minimum atomic E-state index is -1.06. The van der Waals surface area contributed by atoms with Crippen molar-refractivity contribution in [3.63, 3.8) is 0 Å². The fraction of sp³-hybridized carbons (Fsp3) is 0. The summed E-state index contributed by atoms with van der Waals surface area (Å²) in [6.07, 6.45) is 0. The molecule has 0 aliphatic heterocycles. The van der Waals surface area contributed by atoms with Crippen LogP contribution < -0.4 is 5.56 Å². The van der Waals surface area contributed by atoms with Crippen LogP contribution in [0.25, 0.3) is 10.9 Å². The summed E-state index contributed by atoms with van der Waals surface area (Å²) in [5.41, 5.74) is -0.361. The van der Waals surface area contributed by atoms with Crippen molar-refractivity contribution in [3.8, 4) is 0 Å². The molecular weight excluding hydrogens is 210 g/mol. The summed E-state index contributed by atoms with van der Waals surface area (Å²) < 4.78 is 25.6. The van der Waals surface area contributed by atoms with Crippen LogP contribution in [-0.4, -0.2) is 9.97 Å². The zero-order valence-electron chi connectivity index (χ0n) is 6.73. The van der Waals surface area contributed by atoms with Gasteiger partial charge in [-0.15, -0.1) is 0 Å². The lowest BCUT2D eigenvalue weighted by Crippen LogP contribution is -2.08. The predicted molar refractivity (Wildman–Crippen MR) is 49.7 cm³/mol. The van der Waals surface area contributed by atoms with Gasteiger partial charge in [0.05, 0.1) is 10.9 Å². The molecule has 0 unspecified atom stereocenters. The van der Waals surface area contributed by atoms with Crippen LogP contribution in [0.15, 0.2) is 16.9 Å². The summed E-state index contributed by atoms with van der Waals surface area (Å²) in [5, 5.41) is 0.0394. The fourth-order valence-electron chi connectivity index (χ4n) is 1.16. The van der Waals surface area contributed by atoms with Gasteiger partial charge in [0.15, 0.2) is 16.4 Å². The molecule has 0 saturated carbocycles. The lowest BCUT2D eigenvalue weighted by Gasteiger charge is -1.98. The second kappa shape index (κ2) is 2.98. The van der Waals surface area contributed by atoms with Gasteiger partial charge < -0.3 is 4.98 Å². The third kappa shape index (κ3) is 1.33. The van der Waals surface area contributed by atoms with E-state index in [9.17, 15) is 13.6 Å². The van der Waals surface area contributed by atoms with Crippen molar-refractivity contribution in [2.75, 3.05) is 0 Å². The Hall–Kier alpha value is -1.56. The van der Waals surface area contributed by atoms with E-state index >= 15 is 0 Å². The lowest BCUT2D eigenvalue weighted by molar-refractivity contribution is 0.510. The Bertz CT molecular complexity index is 617. The molecule has 14 heavy (non-hydrogen) atoms. The van der Waals surface area contributed by atoms with Gasteiger partial charge in [0.2, 0.25) is 0 Å². The van der Waals surface area contributed by atoms with E-state index in [1.807, 2.05) is 0 Å². The van der Waals surface area contributed by atoms with Gasteiger partial charge in [-0.3, -0.25) is 9.78 Å². The predicted octanol–water partition coefficient (Wildman–Crippen LogP) is 1.86. The number of halogens is 2. The van der Waals surface area contributed by atoms with Gasteiger partial charge in [0.1, 0.15) is 0 Å². The molecule has 2 N–H and O–H groups in total. The minimum Gasteiger partial charge on any atom is -0.332 e. The molecule has 0 amide bonds. The van der Waals surface area contributed by atoms with E-state index in [1.165, 1.54) is 0 Å². The molecule has 0 fully saturated rings. The molecule has 0 aliphatic rings. The number of H-pyrrole nitrogens is 2. The van der Waals surface area contributed by atoms with Gasteiger partial charge in [-0.25, -0.2) is 8.78 Å². The van der Waals surface area contributed by atoms with E-state index in [0.29, 0.717) is 0 Å². The van der Waals surface area contributed by atoms with Gasteiger partial charge in [0, 0.05) is 6.07 Å². The van der Waals surface area contributed by atoms with Crippen molar-refractivity contribution >= 4 is 23.1 Å². The van der Waals surface area contributed by atoms with E-state index in [1.54, 1.807) is 0 Å². The highest BCUT2D eigenvalue weighted by Gasteiger charge is 2.06. The average Bonchev–Trinajstić information content (AvgIpc) is 2.08. The molecule has 0 radical (unpaired) electrons. The molecule has 0 bridgehead atoms. The molecule has 6 heteroatoms. The molecule has 0 atom stereocenters. The van der Waals surface area contributed by atoms with E-state index < -0.39 is 17.2 Å². The van der Waals surface area contributed by atoms with Crippen LogP contribution in [0.5, 0.6) is 0 Å². The fourth-order valence-corrected chi connectivity index (χ4v) is 1.36. The number of fused-ring (bicyclic) bond motifs is 1. The highest BCUT2D eigenvalue weighted by molar-refractivity contribution is 7.71. The number of nitrogens with one attached hydrogen (secondary N) is 2. The van der Waals surface area contributed by atoms with E-state index in [-0.39, 0.29) is 15.7 Å². The normalized spacial score (nSPS) is 10.7. The minimum absolute atomic E-state index is 0.0394. The van der Waals surface area contributed by atoms with Gasteiger partial charge in [-0.2, -0.15) is 0 Å². The highest BCUT2D eigenvalue weighted by Crippen LogP contribution is 2.12. The summed E-state index contributed by atoms with van der Waals surface area (Å²) in [4.78, 5) is 16.1. The van der Waals surface area contributed by atoms with Crippen molar-refractivity contribution in [1.82, 2.24) is 9.97 Å². The topological polar surface area (TPSA) is 48.6 Å². The molecular formula is C8H4F2N2OS. The van der Waals surface area contributed by atoms with Crippen LogP contribution in [-0.2, 0) is 0 Å². The first kappa shape index (κ1) is 9.01. The summed E-state index contributed by atoms with van der Waals surface area (Å²) >= 11 is 4.68. The number of hydrogen-bond donors (Lipinski definition) is 2. The van der Waals surface area contributed by atoms with Gasteiger partial charge >= 0.3 is 0 Å². The van der Waals surface area contributed by atoms with Crippen molar-refractivity contribution in [2.45, 2.75) is 0 Å². The largest absolute Gasteiger partial charge is 0.332 e. The summed E-state index contributed by atoms with van der Waals surface area (Å²) in [5.74, 6) is -2.08. The maximum atomic E-state index is 12.8. The van der Waals surface area contributed by atoms with Crippen LogP contribution in [0.1, 0.15) is 0 Å². The first-order valence-electron chi connectivity index (χ1n) is 3.69. The Labute approximate surface area is 81.4 Å². The SMILES string of the molecule is O=c1[nH]c(=S)[nH]c2cc(F)c(F)cc12. The third-order valence-electron chi connectivity index (χ3n) is 1.78. The van der Waals surface area contributed by atoms with Crippen LogP contribution >= 0.6 is 12.2 Å². The smallest absolute Gasteiger partial charge is 0.259 e. The van der Waals surface area contributed by atoms with Crippen LogP contribution in [0.4, 0.5) is 8.78 Å². The Morgan fingerprint density at radius 1 is 1.14 bits per heavy atom. The second-order valence-corrected chi connectivity index (χ2v) is 3.13. The maximum Gasteiger partial charge on any atom is 0.259 e. The number of benzene rings is 1. The van der Waals surface area contributed by atoms with Crippen LogP contribution in [0, 0.1) is 16.4 Å². The van der Waals surface area contributed by atoms with Gasteiger partial charge in [-0.05, 0) is 18.3 Å². The summed E-state index contributed by atoms with van der Waals surface area (Å²) in [6.45, 7) is 0. The molecule has 2 rings (SSSR count). The molecule has 0 saturated heterocycles. The van der Waals surface area contributed by atoms with Crippen LogP contribution in [0.2, 0.25) is 0 Å². The number of hydrogen-bond acceptors (Lipinski definition) is 2. The van der Waals surface area contributed by atoms with Gasteiger partial charge in [0.25, 0.3) is 5.56 Å². The molecule has 3 nitrogen and oxygen atoms in total. The van der Waals surface area contributed by atoms with Crippen molar-refractivity contribution in [3.05, 3.63) is 38.9 Å². The van der Waals surface area contributed by atoms with Crippen molar-refractivity contribution < 1.29 is 8.78 Å². The standard InChI is InChI=1S/C8H4F2N2OS/c9-4-1-3-6(2-5(4)10)11-8(14)12-7(3)13/h1-2H,(H2,11,12,13,14). The zero-order chi connectivity index (χ0) is 10.3. The second-order valence-electron chi connectivity index (χ2n) is 2.72.